The molecule has 0 unspecified atom stereocenters. The molecule has 6 heteroatoms. The van der Waals surface area contributed by atoms with Crippen molar-refractivity contribution < 1.29 is 14.2 Å². The largest absolute Gasteiger partial charge is 0.461 e. The van der Waals surface area contributed by atoms with Gasteiger partial charge in [-0.05, 0) is 28.8 Å². The first-order valence-corrected chi connectivity index (χ1v) is 11.8. The van der Waals surface area contributed by atoms with E-state index in [0.29, 0.717) is 31.9 Å². The van der Waals surface area contributed by atoms with E-state index in [-0.39, 0.29) is 0 Å². The molecular weight excluding hydrogens is 450 g/mol. The van der Waals surface area contributed by atoms with Crippen molar-refractivity contribution in [2.24, 2.45) is 9.98 Å². The van der Waals surface area contributed by atoms with Crippen LogP contribution in [0.15, 0.2) is 119 Å². The van der Waals surface area contributed by atoms with E-state index in [0.717, 1.165) is 16.7 Å². The minimum absolute atomic E-state index is 0.293. The van der Waals surface area contributed by atoms with Gasteiger partial charge in [-0.2, -0.15) is 9.98 Å². The number of ether oxygens (including phenoxy) is 3. The maximum atomic E-state index is 5.82. The Balaban J connectivity index is 1.32. The molecule has 36 heavy (non-hydrogen) atoms. The van der Waals surface area contributed by atoms with E-state index in [1.807, 2.05) is 127 Å². The highest BCUT2D eigenvalue weighted by Gasteiger charge is 2.18. The molecule has 0 aliphatic carbocycles. The normalized spacial score (nSPS) is 14.1. The monoisotopic (exact) mass is 479 g/mol. The van der Waals surface area contributed by atoms with Crippen molar-refractivity contribution >= 4 is 30.3 Å². The van der Waals surface area contributed by atoms with Crippen molar-refractivity contribution in [2.75, 3.05) is 19.8 Å². The summed E-state index contributed by atoms with van der Waals surface area (Å²) in [4.78, 5) is 8.81. The third kappa shape index (κ3) is 8.74. The van der Waals surface area contributed by atoms with Crippen molar-refractivity contribution in [1.82, 2.24) is 5.32 Å². The summed E-state index contributed by atoms with van der Waals surface area (Å²) in [6.07, 6.45) is 11.0. The molecule has 0 radical (unpaired) electrons. The zero-order chi connectivity index (χ0) is 24.7. The van der Waals surface area contributed by atoms with Crippen molar-refractivity contribution in [2.45, 2.75) is 6.35 Å². The summed E-state index contributed by atoms with van der Waals surface area (Å²) in [6.45, 7) is 1.01. The Morgan fingerprint density at radius 1 is 0.556 bits per heavy atom. The highest BCUT2D eigenvalue weighted by atomic mass is 16.5. The number of rotatable bonds is 10. The molecule has 182 valence electrons. The summed E-state index contributed by atoms with van der Waals surface area (Å²) >= 11 is 0. The summed E-state index contributed by atoms with van der Waals surface area (Å²) in [5, 5.41) is 2.99. The first kappa shape index (κ1) is 24.7. The zero-order valence-electron chi connectivity index (χ0n) is 19.9. The highest BCUT2D eigenvalue weighted by Crippen LogP contribution is 2.07. The van der Waals surface area contributed by atoms with Crippen LogP contribution in [0.25, 0.3) is 18.2 Å². The van der Waals surface area contributed by atoms with Gasteiger partial charge in [0.25, 0.3) is 18.4 Å². The van der Waals surface area contributed by atoms with Crippen molar-refractivity contribution in [3.8, 4) is 0 Å². The molecule has 0 fully saturated rings. The summed E-state index contributed by atoms with van der Waals surface area (Å²) in [6, 6.07) is 30.7. The molecule has 0 spiro atoms. The summed E-state index contributed by atoms with van der Waals surface area (Å²) in [5.41, 5.74) is 3.30. The third-order valence-electron chi connectivity index (χ3n) is 4.97. The Hall–Kier alpha value is -4.42. The van der Waals surface area contributed by atoms with Crippen LogP contribution < -0.4 is 5.32 Å². The number of nitrogens with one attached hydrogen (secondary N) is 1. The molecule has 3 aromatic carbocycles. The molecule has 0 saturated carbocycles. The van der Waals surface area contributed by atoms with E-state index < -0.39 is 6.35 Å². The van der Waals surface area contributed by atoms with Gasteiger partial charge in [0.2, 0.25) is 0 Å². The Kier molecular flexibility index (Phi) is 9.66. The molecule has 0 saturated heterocycles. The lowest BCUT2D eigenvalue weighted by Gasteiger charge is -2.20. The SMILES string of the molecule is C(=C\c1ccccc1)/COC1=NC(OC/C=C/c2ccccc2)N=C(OC/C=C/c2ccccc2)N1. The second-order valence-electron chi connectivity index (χ2n) is 7.71. The van der Waals surface area contributed by atoms with Crippen LogP contribution in [0, 0.1) is 0 Å². The van der Waals surface area contributed by atoms with Crippen LogP contribution in [0.4, 0.5) is 0 Å². The van der Waals surface area contributed by atoms with Crippen molar-refractivity contribution in [3.05, 3.63) is 126 Å². The Morgan fingerprint density at radius 3 is 1.36 bits per heavy atom. The lowest BCUT2D eigenvalue weighted by atomic mass is 10.2. The molecule has 0 aromatic heterocycles. The third-order valence-corrected chi connectivity index (χ3v) is 4.97. The summed E-state index contributed by atoms with van der Waals surface area (Å²) in [5.74, 6) is 0. The van der Waals surface area contributed by atoms with Crippen LogP contribution in [0.5, 0.6) is 0 Å². The van der Waals surface area contributed by atoms with Gasteiger partial charge in [0.1, 0.15) is 13.2 Å². The molecule has 1 aliphatic heterocycles. The van der Waals surface area contributed by atoms with E-state index in [1.165, 1.54) is 0 Å². The Labute approximate surface area is 212 Å². The van der Waals surface area contributed by atoms with Crippen molar-refractivity contribution in [1.29, 1.82) is 0 Å². The molecular formula is C30H29N3O3. The van der Waals surface area contributed by atoms with Crippen LogP contribution in [0.2, 0.25) is 0 Å². The second-order valence-corrected chi connectivity index (χ2v) is 7.71. The van der Waals surface area contributed by atoms with Crippen LogP contribution in [0.3, 0.4) is 0 Å². The molecule has 6 nitrogen and oxygen atoms in total. The predicted molar refractivity (Wildman–Crippen MR) is 146 cm³/mol. The van der Waals surface area contributed by atoms with Crippen molar-refractivity contribution in [3.63, 3.8) is 0 Å². The maximum absolute atomic E-state index is 5.82. The maximum Gasteiger partial charge on any atom is 0.297 e. The fourth-order valence-electron chi connectivity index (χ4n) is 3.25. The quantitative estimate of drug-likeness (QED) is 0.401. The average Bonchev–Trinajstić information content (AvgIpc) is 2.93. The number of nitrogens with zero attached hydrogens (tertiary/aromatic N) is 2. The predicted octanol–water partition coefficient (Wildman–Crippen LogP) is 5.78. The van der Waals surface area contributed by atoms with Crippen LogP contribution in [-0.2, 0) is 14.2 Å². The number of hydrogen-bond acceptors (Lipinski definition) is 6. The van der Waals surface area contributed by atoms with Crippen LogP contribution in [-0.4, -0.2) is 38.2 Å². The number of hydrogen-bond donors (Lipinski definition) is 1. The molecule has 0 atom stereocenters. The van der Waals surface area contributed by atoms with Gasteiger partial charge in [0.15, 0.2) is 0 Å². The molecule has 1 heterocycles. The van der Waals surface area contributed by atoms with Gasteiger partial charge in [-0.15, -0.1) is 0 Å². The zero-order valence-corrected chi connectivity index (χ0v) is 19.9. The average molecular weight is 480 g/mol. The lowest BCUT2D eigenvalue weighted by molar-refractivity contribution is 0.0802. The van der Waals surface area contributed by atoms with E-state index in [9.17, 15) is 0 Å². The number of amidine groups is 2. The second kappa shape index (κ2) is 14.1. The van der Waals surface area contributed by atoms with E-state index in [2.05, 4.69) is 15.3 Å². The van der Waals surface area contributed by atoms with E-state index in [1.54, 1.807) is 0 Å². The Bertz CT molecular complexity index is 1130. The minimum Gasteiger partial charge on any atom is -0.461 e. The van der Waals surface area contributed by atoms with Crippen LogP contribution in [0.1, 0.15) is 16.7 Å². The van der Waals surface area contributed by atoms with Gasteiger partial charge >= 0.3 is 0 Å². The topological polar surface area (TPSA) is 64.4 Å². The summed E-state index contributed by atoms with van der Waals surface area (Å²) < 4.78 is 17.4. The van der Waals surface area contributed by atoms with E-state index in [4.69, 9.17) is 14.2 Å². The smallest absolute Gasteiger partial charge is 0.297 e. The minimum atomic E-state index is -0.770. The van der Waals surface area contributed by atoms with Gasteiger partial charge < -0.3 is 14.2 Å². The number of benzene rings is 3. The molecule has 3 aromatic rings. The molecule has 1 aliphatic rings. The van der Waals surface area contributed by atoms with Crippen LogP contribution >= 0.6 is 0 Å². The van der Waals surface area contributed by atoms with Gasteiger partial charge in [-0.25, -0.2) is 0 Å². The standard InChI is InChI=1S/C30H29N3O3/c1-4-13-25(14-5-1)19-10-22-34-28-31-29(35-23-11-20-26-15-6-2-7-16-26)33-30(32-28)36-24-12-21-27-17-8-3-9-18-27/h1-21,28H,22-24H2,(H,31,32,33)/b19-10+,20-11+,21-12+. The fourth-order valence-corrected chi connectivity index (χ4v) is 3.25. The van der Waals surface area contributed by atoms with Gasteiger partial charge in [0, 0.05) is 0 Å². The first-order chi connectivity index (χ1) is 17.8. The Morgan fingerprint density at radius 2 is 0.944 bits per heavy atom. The van der Waals surface area contributed by atoms with Gasteiger partial charge in [-0.1, -0.05) is 115 Å². The van der Waals surface area contributed by atoms with E-state index >= 15 is 0 Å². The number of aliphatic imine (C=N–C) groups is 2. The summed E-state index contributed by atoms with van der Waals surface area (Å²) in [7, 11) is 0. The first-order valence-electron chi connectivity index (χ1n) is 11.8. The lowest BCUT2D eigenvalue weighted by Crippen LogP contribution is -2.40. The molecule has 1 N–H and O–H groups in total. The molecule has 4 rings (SSSR count). The highest BCUT2D eigenvalue weighted by molar-refractivity contribution is 5.94. The molecule has 0 bridgehead atoms. The fraction of sp³-hybridized carbons (Fsp3) is 0.133. The van der Waals surface area contributed by atoms with Gasteiger partial charge in [-0.3, -0.25) is 5.32 Å². The molecule has 0 amide bonds. The van der Waals surface area contributed by atoms with Gasteiger partial charge in [0.05, 0.1) is 6.61 Å².